The van der Waals surface area contributed by atoms with Crippen LogP contribution in [0.3, 0.4) is 0 Å². The van der Waals surface area contributed by atoms with E-state index >= 15 is 0 Å². The van der Waals surface area contributed by atoms with Crippen LogP contribution >= 0.6 is 12.2 Å². The SMILES string of the molecule is O=C(CCc1ccccc1)NC(=S)Nc1ccc(C(=O)Nc2cccc(C(F)(F)F)c2)cc1. The van der Waals surface area contributed by atoms with Crippen LogP contribution in [0.5, 0.6) is 0 Å². The van der Waals surface area contributed by atoms with Crippen molar-refractivity contribution in [2.75, 3.05) is 10.6 Å². The van der Waals surface area contributed by atoms with Gasteiger partial charge in [0, 0.05) is 23.4 Å². The quantitative estimate of drug-likeness (QED) is 0.421. The molecule has 3 N–H and O–H groups in total. The normalized spacial score (nSPS) is 10.9. The first kappa shape index (κ1) is 23.9. The van der Waals surface area contributed by atoms with E-state index in [-0.39, 0.29) is 28.7 Å². The molecule has 9 heteroatoms. The van der Waals surface area contributed by atoms with Crippen molar-refractivity contribution in [1.82, 2.24) is 5.32 Å². The van der Waals surface area contributed by atoms with Gasteiger partial charge in [-0.25, -0.2) is 0 Å². The summed E-state index contributed by atoms with van der Waals surface area (Å²) < 4.78 is 38.5. The molecule has 0 spiro atoms. The van der Waals surface area contributed by atoms with E-state index in [0.29, 0.717) is 12.1 Å². The highest BCUT2D eigenvalue weighted by molar-refractivity contribution is 7.80. The number of hydrogen-bond acceptors (Lipinski definition) is 3. The number of halogens is 3. The molecular weight excluding hydrogens is 451 g/mol. The number of carbonyl (C=O) groups excluding carboxylic acids is 2. The minimum absolute atomic E-state index is 0.0384. The maximum Gasteiger partial charge on any atom is 0.416 e. The molecule has 3 aromatic carbocycles. The number of alkyl halides is 3. The Hall–Kier alpha value is -3.72. The molecule has 0 unspecified atom stereocenters. The minimum atomic E-state index is -4.50. The van der Waals surface area contributed by atoms with E-state index in [4.69, 9.17) is 12.2 Å². The Morgan fingerprint density at radius 2 is 1.52 bits per heavy atom. The predicted molar refractivity (Wildman–Crippen MR) is 125 cm³/mol. The molecule has 5 nitrogen and oxygen atoms in total. The zero-order valence-electron chi connectivity index (χ0n) is 17.3. The standard InChI is InChI=1S/C24H20F3N3O2S/c25-24(26,27)18-7-4-8-20(15-18)28-22(32)17-10-12-19(13-11-17)29-23(33)30-21(31)14-9-16-5-2-1-3-6-16/h1-8,10-13,15H,9,14H2,(H,28,32)(H2,29,30,31,33). The third-order valence-electron chi connectivity index (χ3n) is 4.59. The summed E-state index contributed by atoms with van der Waals surface area (Å²) >= 11 is 5.14. The lowest BCUT2D eigenvalue weighted by atomic mass is 10.1. The molecule has 0 aromatic heterocycles. The van der Waals surface area contributed by atoms with Crippen LogP contribution in [-0.4, -0.2) is 16.9 Å². The van der Waals surface area contributed by atoms with Gasteiger partial charge >= 0.3 is 6.18 Å². The van der Waals surface area contributed by atoms with Crippen LogP contribution in [0.15, 0.2) is 78.9 Å². The van der Waals surface area contributed by atoms with Gasteiger partial charge in [-0.05, 0) is 66.7 Å². The zero-order valence-corrected chi connectivity index (χ0v) is 18.1. The first-order chi connectivity index (χ1) is 15.7. The molecule has 0 fully saturated rings. The second-order valence-corrected chi connectivity index (χ2v) is 7.51. The van der Waals surface area contributed by atoms with Crippen molar-refractivity contribution >= 4 is 40.5 Å². The van der Waals surface area contributed by atoms with Crippen molar-refractivity contribution in [2.24, 2.45) is 0 Å². The third kappa shape index (κ3) is 7.43. The molecule has 2 amide bonds. The number of aryl methyl sites for hydroxylation is 1. The van der Waals surface area contributed by atoms with Crippen molar-refractivity contribution in [3.63, 3.8) is 0 Å². The minimum Gasteiger partial charge on any atom is -0.332 e. The van der Waals surface area contributed by atoms with Gasteiger partial charge in [-0.15, -0.1) is 0 Å². The summed E-state index contributed by atoms with van der Waals surface area (Å²) in [5.74, 6) is -0.786. The summed E-state index contributed by atoms with van der Waals surface area (Å²) in [5, 5.41) is 8.01. The predicted octanol–water partition coefficient (Wildman–Crippen LogP) is 5.40. The molecule has 0 heterocycles. The lowest BCUT2D eigenvalue weighted by Crippen LogP contribution is -2.34. The topological polar surface area (TPSA) is 70.2 Å². The molecule has 0 radical (unpaired) electrons. The number of amides is 2. The Kier molecular flexibility index (Phi) is 7.78. The largest absolute Gasteiger partial charge is 0.416 e. The van der Waals surface area contributed by atoms with Gasteiger partial charge < -0.3 is 16.0 Å². The fourth-order valence-electron chi connectivity index (χ4n) is 2.94. The second kappa shape index (κ2) is 10.7. The van der Waals surface area contributed by atoms with Gasteiger partial charge in [-0.2, -0.15) is 13.2 Å². The molecular formula is C24H20F3N3O2S. The smallest absolute Gasteiger partial charge is 0.332 e. The van der Waals surface area contributed by atoms with E-state index in [9.17, 15) is 22.8 Å². The molecule has 0 aliphatic carbocycles. The van der Waals surface area contributed by atoms with Gasteiger partial charge in [-0.3, -0.25) is 9.59 Å². The van der Waals surface area contributed by atoms with Crippen LogP contribution in [0.4, 0.5) is 24.5 Å². The highest BCUT2D eigenvalue weighted by Gasteiger charge is 2.30. The summed E-state index contributed by atoms with van der Waals surface area (Å²) in [6.45, 7) is 0. The van der Waals surface area contributed by atoms with E-state index in [0.717, 1.165) is 17.7 Å². The molecule has 0 atom stereocenters. The number of nitrogens with one attached hydrogen (secondary N) is 3. The Balaban J connectivity index is 1.50. The first-order valence-electron chi connectivity index (χ1n) is 9.94. The van der Waals surface area contributed by atoms with Crippen LogP contribution in [0.25, 0.3) is 0 Å². The lowest BCUT2D eigenvalue weighted by Gasteiger charge is -2.11. The van der Waals surface area contributed by atoms with Crippen molar-refractivity contribution in [2.45, 2.75) is 19.0 Å². The van der Waals surface area contributed by atoms with Crippen molar-refractivity contribution in [3.8, 4) is 0 Å². The highest BCUT2D eigenvalue weighted by atomic mass is 32.1. The zero-order chi connectivity index (χ0) is 23.8. The number of hydrogen-bond donors (Lipinski definition) is 3. The molecule has 0 aliphatic heterocycles. The van der Waals surface area contributed by atoms with E-state index in [1.165, 1.54) is 24.3 Å². The molecule has 170 valence electrons. The number of anilines is 2. The average molecular weight is 472 g/mol. The van der Waals surface area contributed by atoms with Crippen molar-refractivity contribution in [1.29, 1.82) is 0 Å². The van der Waals surface area contributed by atoms with Gasteiger partial charge in [0.05, 0.1) is 5.56 Å². The fraction of sp³-hybridized carbons (Fsp3) is 0.125. The van der Waals surface area contributed by atoms with Gasteiger partial charge in [0.25, 0.3) is 5.91 Å². The summed E-state index contributed by atoms with van der Waals surface area (Å²) in [6, 6.07) is 20.1. The molecule has 0 saturated heterocycles. The van der Waals surface area contributed by atoms with Crippen molar-refractivity contribution in [3.05, 3.63) is 95.6 Å². The molecule has 33 heavy (non-hydrogen) atoms. The number of thiocarbonyl (C=S) groups is 1. The third-order valence-corrected chi connectivity index (χ3v) is 4.79. The number of benzene rings is 3. The fourth-order valence-corrected chi connectivity index (χ4v) is 3.17. The van der Waals surface area contributed by atoms with Crippen LogP contribution < -0.4 is 16.0 Å². The molecule has 0 saturated carbocycles. The maximum absolute atomic E-state index is 12.8. The monoisotopic (exact) mass is 471 g/mol. The number of carbonyl (C=O) groups is 2. The molecule has 0 bridgehead atoms. The van der Waals surface area contributed by atoms with Crippen molar-refractivity contribution < 1.29 is 22.8 Å². The second-order valence-electron chi connectivity index (χ2n) is 7.10. The highest BCUT2D eigenvalue weighted by Crippen LogP contribution is 2.30. The van der Waals surface area contributed by atoms with Crippen LogP contribution in [0, 0.1) is 0 Å². The summed E-state index contributed by atoms with van der Waals surface area (Å²) in [6.07, 6.45) is -3.63. The lowest BCUT2D eigenvalue weighted by molar-refractivity contribution is -0.137. The number of rotatable bonds is 6. The van der Waals surface area contributed by atoms with Gasteiger partial charge in [0.1, 0.15) is 0 Å². The summed E-state index contributed by atoms with van der Waals surface area (Å²) in [7, 11) is 0. The molecule has 3 aromatic rings. The Morgan fingerprint density at radius 3 is 2.18 bits per heavy atom. The van der Waals surface area contributed by atoms with E-state index in [1.54, 1.807) is 12.1 Å². The van der Waals surface area contributed by atoms with Gasteiger partial charge in [0.2, 0.25) is 5.91 Å². The van der Waals surface area contributed by atoms with Crippen LogP contribution in [-0.2, 0) is 17.4 Å². The van der Waals surface area contributed by atoms with E-state index in [2.05, 4.69) is 16.0 Å². The Labute approximate surface area is 194 Å². The van der Waals surface area contributed by atoms with Gasteiger partial charge in [-0.1, -0.05) is 36.4 Å². The van der Waals surface area contributed by atoms with E-state index < -0.39 is 17.6 Å². The van der Waals surface area contributed by atoms with E-state index in [1.807, 2.05) is 30.3 Å². The maximum atomic E-state index is 12.8. The Morgan fingerprint density at radius 1 is 0.818 bits per heavy atom. The molecule has 3 rings (SSSR count). The summed E-state index contributed by atoms with van der Waals surface area (Å²) in [4.78, 5) is 24.4. The average Bonchev–Trinajstić information content (AvgIpc) is 2.78. The first-order valence-corrected chi connectivity index (χ1v) is 10.3. The Bertz CT molecular complexity index is 1130. The van der Waals surface area contributed by atoms with Crippen LogP contribution in [0.1, 0.15) is 27.9 Å². The van der Waals surface area contributed by atoms with Crippen LogP contribution in [0.2, 0.25) is 0 Å². The summed E-state index contributed by atoms with van der Waals surface area (Å²) in [5.41, 5.74) is 1.02. The molecule has 0 aliphatic rings. The van der Waals surface area contributed by atoms with Gasteiger partial charge in [0.15, 0.2) is 5.11 Å².